The van der Waals surface area contributed by atoms with Crippen LogP contribution >= 0.6 is 27.5 Å². The third-order valence-corrected chi connectivity index (χ3v) is 4.05. The first-order valence-corrected chi connectivity index (χ1v) is 6.93. The summed E-state index contributed by atoms with van der Waals surface area (Å²) in [4.78, 5) is 0. The molecule has 0 fully saturated rings. The van der Waals surface area contributed by atoms with E-state index in [1.807, 2.05) is 19.2 Å². The maximum atomic E-state index is 5.96. The maximum Gasteiger partial charge on any atom is 0.0417 e. The van der Waals surface area contributed by atoms with Crippen molar-refractivity contribution in [3.63, 3.8) is 0 Å². The summed E-state index contributed by atoms with van der Waals surface area (Å²) in [6.07, 6.45) is 2.36. The Morgan fingerprint density at radius 2 is 1.94 bits per heavy atom. The second-order valence-corrected chi connectivity index (χ2v) is 5.30. The first kappa shape index (κ1) is 14.0. The van der Waals surface area contributed by atoms with Crippen LogP contribution in [-0.2, 0) is 0 Å². The van der Waals surface area contributed by atoms with Crippen LogP contribution in [-0.4, -0.2) is 7.05 Å². The fourth-order valence-electron chi connectivity index (χ4n) is 2.16. The molecule has 0 amide bonds. The molecule has 1 rings (SSSR count). The molecule has 0 saturated carbocycles. The van der Waals surface area contributed by atoms with E-state index < -0.39 is 0 Å². The van der Waals surface area contributed by atoms with Crippen LogP contribution in [0.2, 0.25) is 5.02 Å². The molecule has 0 aliphatic carbocycles. The fourth-order valence-corrected chi connectivity index (χ4v) is 3.09. The second-order valence-electron chi connectivity index (χ2n) is 4.01. The van der Waals surface area contributed by atoms with Gasteiger partial charge in [-0.3, -0.25) is 0 Å². The first-order chi connectivity index (χ1) is 7.63. The SMILES string of the molecule is CCC(CC)C(NC)c1ccc(Cl)cc1Br. The molecular weight excluding hydrogens is 286 g/mol. The molecule has 1 unspecified atom stereocenters. The fraction of sp³-hybridized carbons (Fsp3) is 0.538. The van der Waals surface area contributed by atoms with E-state index >= 15 is 0 Å². The zero-order chi connectivity index (χ0) is 12.1. The van der Waals surface area contributed by atoms with Gasteiger partial charge in [-0.1, -0.05) is 60.3 Å². The number of nitrogens with one attached hydrogen (secondary N) is 1. The van der Waals surface area contributed by atoms with E-state index in [0.29, 0.717) is 12.0 Å². The Labute approximate surface area is 112 Å². The summed E-state index contributed by atoms with van der Waals surface area (Å²) in [5.74, 6) is 0.655. The molecule has 1 aromatic rings. The minimum absolute atomic E-state index is 0.390. The number of benzene rings is 1. The Bertz CT molecular complexity index is 337. The van der Waals surface area contributed by atoms with Gasteiger partial charge < -0.3 is 5.32 Å². The van der Waals surface area contributed by atoms with Crippen molar-refractivity contribution >= 4 is 27.5 Å². The number of hydrogen-bond donors (Lipinski definition) is 1. The highest BCUT2D eigenvalue weighted by Crippen LogP contribution is 2.33. The molecule has 0 aliphatic heterocycles. The van der Waals surface area contributed by atoms with Crippen molar-refractivity contribution < 1.29 is 0 Å². The predicted molar refractivity (Wildman–Crippen MR) is 75.0 cm³/mol. The lowest BCUT2D eigenvalue weighted by molar-refractivity contribution is 0.358. The Morgan fingerprint density at radius 1 is 1.31 bits per heavy atom. The van der Waals surface area contributed by atoms with Gasteiger partial charge in [0.1, 0.15) is 0 Å². The molecule has 0 bridgehead atoms. The minimum Gasteiger partial charge on any atom is -0.313 e. The molecule has 0 aliphatic rings. The van der Waals surface area contributed by atoms with E-state index in [9.17, 15) is 0 Å². The van der Waals surface area contributed by atoms with Crippen LogP contribution in [0.3, 0.4) is 0 Å². The lowest BCUT2D eigenvalue weighted by Gasteiger charge is -2.26. The Kier molecular flexibility index (Phi) is 5.81. The van der Waals surface area contributed by atoms with Crippen LogP contribution in [0.5, 0.6) is 0 Å². The average molecular weight is 305 g/mol. The van der Waals surface area contributed by atoms with Crippen LogP contribution in [0, 0.1) is 5.92 Å². The van der Waals surface area contributed by atoms with Crippen LogP contribution in [0.25, 0.3) is 0 Å². The summed E-state index contributed by atoms with van der Waals surface area (Å²) in [5, 5.41) is 4.18. The molecule has 1 nitrogen and oxygen atoms in total. The zero-order valence-electron chi connectivity index (χ0n) is 10.1. The topological polar surface area (TPSA) is 12.0 Å². The minimum atomic E-state index is 0.390. The summed E-state index contributed by atoms with van der Waals surface area (Å²) < 4.78 is 1.09. The lowest BCUT2D eigenvalue weighted by Crippen LogP contribution is -2.24. The summed E-state index contributed by atoms with van der Waals surface area (Å²) in [5.41, 5.74) is 1.29. The van der Waals surface area contributed by atoms with Crippen LogP contribution in [0.1, 0.15) is 38.3 Å². The maximum absolute atomic E-state index is 5.96. The largest absolute Gasteiger partial charge is 0.313 e. The molecule has 90 valence electrons. The molecule has 1 aromatic carbocycles. The van der Waals surface area contributed by atoms with Crippen LogP contribution in [0.15, 0.2) is 22.7 Å². The van der Waals surface area contributed by atoms with E-state index in [-0.39, 0.29) is 0 Å². The van der Waals surface area contributed by atoms with E-state index in [2.05, 4.69) is 41.2 Å². The first-order valence-electron chi connectivity index (χ1n) is 5.76. The molecule has 0 saturated heterocycles. The van der Waals surface area contributed by atoms with Crippen molar-refractivity contribution in [3.8, 4) is 0 Å². The summed E-state index contributed by atoms with van der Waals surface area (Å²) in [6.45, 7) is 4.48. The van der Waals surface area contributed by atoms with Crippen LogP contribution in [0.4, 0.5) is 0 Å². The van der Waals surface area contributed by atoms with Gasteiger partial charge in [-0.2, -0.15) is 0 Å². The molecule has 0 radical (unpaired) electrons. The normalized spacial score (nSPS) is 13.1. The van der Waals surface area contributed by atoms with Crippen molar-refractivity contribution in [2.75, 3.05) is 7.05 Å². The third-order valence-electron chi connectivity index (χ3n) is 3.13. The molecule has 3 heteroatoms. The molecule has 16 heavy (non-hydrogen) atoms. The lowest BCUT2D eigenvalue weighted by atomic mass is 9.89. The Hall–Kier alpha value is -0.0500. The monoisotopic (exact) mass is 303 g/mol. The quantitative estimate of drug-likeness (QED) is 0.824. The van der Waals surface area contributed by atoms with Crippen molar-refractivity contribution in [2.45, 2.75) is 32.7 Å². The number of halogens is 2. The zero-order valence-corrected chi connectivity index (χ0v) is 12.4. The van der Waals surface area contributed by atoms with Gasteiger partial charge >= 0.3 is 0 Å². The smallest absolute Gasteiger partial charge is 0.0417 e. The summed E-state index contributed by atoms with van der Waals surface area (Å²) in [7, 11) is 2.02. The highest BCUT2D eigenvalue weighted by atomic mass is 79.9. The van der Waals surface area contributed by atoms with Crippen molar-refractivity contribution in [1.29, 1.82) is 0 Å². The van der Waals surface area contributed by atoms with Gasteiger partial charge in [0, 0.05) is 15.5 Å². The molecule has 1 atom stereocenters. The van der Waals surface area contributed by atoms with Gasteiger partial charge in [0.15, 0.2) is 0 Å². The van der Waals surface area contributed by atoms with Gasteiger partial charge in [0.05, 0.1) is 0 Å². The van der Waals surface area contributed by atoms with Crippen LogP contribution < -0.4 is 5.32 Å². The molecule has 0 spiro atoms. The Morgan fingerprint density at radius 3 is 2.38 bits per heavy atom. The van der Waals surface area contributed by atoms with Crippen molar-refractivity contribution in [3.05, 3.63) is 33.3 Å². The van der Waals surface area contributed by atoms with E-state index in [1.54, 1.807) is 0 Å². The molecular formula is C13H19BrClN. The summed E-state index contributed by atoms with van der Waals surface area (Å²) in [6, 6.07) is 6.41. The predicted octanol–water partition coefficient (Wildman–Crippen LogP) is 4.80. The second kappa shape index (κ2) is 6.63. The van der Waals surface area contributed by atoms with Gasteiger partial charge in [-0.05, 0) is 30.7 Å². The highest BCUT2D eigenvalue weighted by molar-refractivity contribution is 9.10. The standard InChI is InChI=1S/C13H19BrClN/c1-4-9(5-2)13(16-3)11-7-6-10(15)8-12(11)14/h6-9,13,16H,4-5H2,1-3H3. The van der Waals surface area contributed by atoms with Crippen molar-refractivity contribution in [2.24, 2.45) is 5.92 Å². The number of rotatable bonds is 5. The Balaban J connectivity index is 3.03. The third kappa shape index (κ3) is 3.22. The molecule has 0 aromatic heterocycles. The van der Waals surface area contributed by atoms with Gasteiger partial charge in [-0.15, -0.1) is 0 Å². The van der Waals surface area contributed by atoms with E-state index in [1.165, 1.54) is 18.4 Å². The van der Waals surface area contributed by atoms with E-state index in [4.69, 9.17) is 11.6 Å². The van der Waals surface area contributed by atoms with E-state index in [0.717, 1.165) is 9.50 Å². The highest BCUT2D eigenvalue weighted by Gasteiger charge is 2.20. The molecule has 0 heterocycles. The van der Waals surface area contributed by atoms with Crippen molar-refractivity contribution in [1.82, 2.24) is 5.32 Å². The average Bonchev–Trinajstić information content (AvgIpc) is 2.27. The van der Waals surface area contributed by atoms with Gasteiger partial charge in [-0.25, -0.2) is 0 Å². The molecule has 1 N–H and O–H groups in total. The van der Waals surface area contributed by atoms with Gasteiger partial charge in [0.2, 0.25) is 0 Å². The summed E-state index contributed by atoms with van der Waals surface area (Å²) >= 11 is 9.55. The van der Waals surface area contributed by atoms with Gasteiger partial charge in [0.25, 0.3) is 0 Å². The number of hydrogen-bond acceptors (Lipinski definition) is 1.